The molecule has 0 fully saturated rings. The standard InChI is InChI=1S/C17H20O3/c1-13-11-14-7-4-5-8-15(14)12-16(13)20-10-6-2-3-9-17(18)19/h4-5,7-8,11-12H,2-3,6,9-10H2,1H3,(H,18,19). The zero-order chi connectivity index (χ0) is 14.4. The molecule has 2 rings (SSSR count). The molecule has 106 valence electrons. The van der Waals surface area contributed by atoms with Gasteiger partial charge >= 0.3 is 5.97 Å². The fourth-order valence-corrected chi connectivity index (χ4v) is 2.23. The van der Waals surface area contributed by atoms with E-state index in [1.54, 1.807) is 0 Å². The van der Waals surface area contributed by atoms with E-state index in [-0.39, 0.29) is 6.42 Å². The highest BCUT2D eigenvalue weighted by molar-refractivity contribution is 5.84. The van der Waals surface area contributed by atoms with Crippen molar-refractivity contribution in [1.29, 1.82) is 0 Å². The third-order valence-electron chi connectivity index (χ3n) is 3.34. The van der Waals surface area contributed by atoms with E-state index in [0.29, 0.717) is 6.61 Å². The van der Waals surface area contributed by atoms with Crippen molar-refractivity contribution in [1.82, 2.24) is 0 Å². The van der Waals surface area contributed by atoms with Crippen molar-refractivity contribution < 1.29 is 14.6 Å². The molecule has 2 aromatic carbocycles. The lowest BCUT2D eigenvalue weighted by atomic mass is 10.1. The first kappa shape index (κ1) is 14.4. The Hall–Kier alpha value is -2.03. The van der Waals surface area contributed by atoms with Crippen LogP contribution in [0.2, 0.25) is 0 Å². The molecule has 3 heteroatoms. The number of rotatable bonds is 7. The maximum atomic E-state index is 10.4. The van der Waals surface area contributed by atoms with Crippen LogP contribution in [0.25, 0.3) is 10.8 Å². The average Bonchev–Trinajstić information content (AvgIpc) is 2.42. The number of hydrogen-bond acceptors (Lipinski definition) is 2. The molecular formula is C17H20O3. The summed E-state index contributed by atoms with van der Waals surface area (Å²) >= 11 is 0. The van der Waals surface area contributed by atoms with Gasteiger partial charge in [-0.3, -0.25) is 4.79 Å². The summed E-state index contributed by atoms with van der Waals surface area (Å²) in [6.07, 6.45) is 2.74. The molecule has 0 bridgehead atoms. The molecule has 0 aromatic heterocycles. The highest BCUT2D eigenvalue weighted by atomic mass is 16.5. The number of carbonyl (C=O) groups is 1. The first-order valence-electron chi connectivity index (χ1n) is 7.01. The van der Waals surface area contributed by atoms with Gasteiger partial charge in [0.05, 0.1) is 6.61 Å². The lowest BCUT2D eigenvalue weighted by Gasteiger charge is -2.10. The molecule has 0 saturated carbocycles. The van der Waals surface area contributed by atoms with Crippen LogP contribution in [-0.2, 0) is 4.79 Å². The van der Waals surface area contributed by atoms with E-state index in [9.17, 15) is 4.79 Å². The summed E-state index contributed by atoms with van der Waals surface area (Å²) in [5.41, 5.74) is 1.13. The van der Waals surface area contributed by atoms with Gasteiger partial charge < -0.3 is 9.84 Å². The van der Waals surface area contributed by atoms with Crippen molar-refractivity contribution in [3.8, 4) is 5.75 Å². The molecule has 0 unspecified atom stereocenters. The minimum absolute atomic E-state index is 0.245. The van der Waals surface area contributed by atoms with Crippen LogP contribution >= 0.6 is 0 Å². The minimum Gasteiger partial charge on any atom is -0.493 e. The van der Waals surface area contributed by atoms with Crippen molar-refractivity contribution in [3.63, 3.8) is 0 Å². The van der Waals surface area contributed by atoms with Gasteiger partial charge in [-0.1, -0.05) is 24.3 Å². The number of carboxylic acids is 1. The smallest absolute Gasteiger partial charge is 0.303 e. The molecule has 20 heavy (non-hydrogen) atoms. The van der Waals surface area contributed by atoms with E-state index in [1.807, 2.05) is 19.1 Å². The number of hydrogen-bond donors (Lipinski definition) is 1. The van der Waals surface area contributed by atoms with Crippen molar-refractivity contribution >= 4 is 16.7 Å². The summed E-state index contributed by atoms with van der Waals surface area (Å²) < 4.78 is 5.80. The van der Waals surface area contributed by atoms with Crippen LogP contribution in [0.15, 0.2) is 36.4 Å². The van der Waals surface area contributed by atoms with Gasteiger partial charge in [0.15, 0.2) is 0 Å². The van der Waals surface area contributed by atoms with Gasteiger partial charge in [0.2, 0.25) is 0 Å². The maximum absolute atomic E-state index is 10.4. The number of benzene rings is 2. The van der Waals surface area contributed by atoms with Crippen LogP contribution in [0, 0.1) is 6.92 Å². The van der Waals surface area contributed by atoms with E-state index >= 15 is 0 Å². The lowest BCUT2D eigenvalue weighted by molar-refractivity contribution is -0.137. The molecule has 1 N–H and O–H groups in total. The molecule has 0 saturated heterocycles. The van der Waals surface area contributed by atoms with Gasteiger partial charge in [0, 0.05) is 6.42 Å². The normalized spacial score (nSPS) is 10.7. The van der Waals surface area contributed by atoms with Crippen molar-refractivity contribution in [2.24, 2.45) is 0 Å². The van der Waals surface area contributed by atoms with Gasteiger partial charge in [-0.05, 0) is 54.7 Å². The largest absolute Gasteiger partial charge is 0.493 e. The Balaban J connectivity index is 1.86. The highest BCUT2D eigenvalue weighted by Crippen LogP contribution is 2.25. The van der Waals surface area contributed by atoms with Gasteiger partial charge in [0.1, 0.15) is 5.75 Å². The van der Waals surface area contributed by atoms with E-state index in [1.165, 1.54) is 10.8 Å². The maximum Gasteiger partial charge on any atom is 0.303 e. The first-order chi connectivity index (χ1) is 9.66. The average molecular weight is 272 g/mol. The van der Waals surface area contributed by atoms with Gasteiger partial charge in [-0.15, -0.1) is 0 Å². The second-order valence-electron chi connectivity index (χ2n) is 5.02. The Bertz CT molecular complexity index is 590. The Morgan fingerprint density at radius 1 is 1.10 bits per heavy atom. The summed E-state index contributed by atoms with van der Waals surface area (Å²) in [6.45, 7) is 2.69. The highest BCUT2D eigenvalue weighted by Gasteiger charge is 2.03. The van der Waals surface area contributed by atoms with Crippen LogP contribution < -0.4 is 4.74 Å². The quantitative estimate of drug-likeness (QED) is 0.769. The molecule has 0 aliphatic heterocycles. The van der Waals surface area contributed by atoms with Gasteiger partial charge in [0.25, 0.3) is 0 Å². The number of unbranched alkanes of at least 4 members (excludes halogenated alkanes) is 2. The SMILES string of the molecule is Cc1cc2ccccc2cc1OCCCCCC(=O)O. The number of ether oxygens (including phenoxy) is 1. The zero-order valence-corrected chi connectivity index (χ0v) is 11.8. The summed E-state index contributed by atoms with van der Waals surface area (Å²) in [5, 5.41) is 11.0. The summed E-state index contributed by atoms with van der Waals surface area (Å²) in [7, 11) is 0. The predicted molar refractivity (Wildman–Crippen MR) is 80.3 cm³/mol. The fraction of sp³-hybridized carbons (Fsp3) is 0.353. The molecule has 0 atom stereocenters. The third kappa shape index (κ3) is 3.98. The molecule has 0 amide bonds. The summed E-state index contributed by atoms with van der Waals surface area (Å²) in [4.78, 5) is 10.4. The molecule has 0 radical (unpaired) electrons. The van der Waals surface area contributed by atoms with Crippen LogP contribution in [0.1, 0.15) is 31.2 Å². The Kier molecular flexibility index (Phi) is 4.99. The van der Waals surface area contributed by atoms with Gasteiger partial charge in [-0.2, -0.15) is 0 Å². The molecular weight excluding hydrogens is 252 g/mol. The van der Waals surface area contributed by atoms with Crippen molar-refractivity contribution in [3.05, 3.63) is 42.0 Å². The van der Waals surface area contributed by atoms with E-state index < -0.39 is 5.97 Å². The molecule has 0 aliphatic rings. The Morgan fingerprint density at radius 2 is 1.80 bits per heavy atom. The minimum atomic E-state index is -0.726. The second kappa shape index (κ2) is 6.94. The lowest BCUT2D eigenvalue weighted by Crippen LogP contribution is -2.00. The van der Waals surface area contributed by atoms with Crippen LogP contribution in [0.5, 0.6) is 5.75 Å². The zero-order valence-electron chi connectivity index (χ0n) is 11.8. The monoisotopic (exact) mass is 272 g/mol. The Morgan fingerprint density at radius 3 is 2.50 bits per heavy atom. The van der Waals surface area contributed by atoms with Crippen molar-refractivity contribution in [2.75, 3.05) is 6.61 Å². The number of aryl methyl sites for hydroxylation is 1. The van der Waals surface area contributed by atoms with Crippen molar-refractivity contribution in [2.45, 2.75) is 32.6 Å². The predicted octanol–water partition coefficient (Wildman–Crippen LogP) is 4.17. The topological polar surface area (TPSA) is 46.5 Å². The summed E-state index contributed by atoms with van der Waals surface area (Å²) in [5.74, 6) is 0.193. The summed E-state index contributed by atoms with van der Waals surface area (Å²) in [6, 6.07) is 12.4. The van der Waals surface area contributed by atoms with Crippen LogP contribution in [0.3, 0.4) is 0 Å². The molecule has 2 aromatic rings. The third-order valence-corrected chi connectivity index (χ3v) is 3.34. The molecule has 0 spiro atoms. The van der Waals surface area contributed by atoms with E-state index in [2.05, 4.69) is 24.3 Å². The van der Waals surface area contributed by atoms with Gasteiger partial charge in [-0.25, -0.2) is 0 Å². The van der Waals surface area contributed by atoms with Crippen LogP contribution in [-0.4, -0.2) is 17.7 Å². The number of fused-ring (bicyclic) bond motifs is 1. The van der Waals surface area contributed by atoms with E-state index in [4.69, 9.17) is 9.84 Å². The molecule has 3 nitrogen and oxygen atoms in total. The van der Waals surface area contributed by atoms with Crippen LogP contribution in [0.4, 0.5) is 0 Å². The second-order valence-corrected chi connectivity index (χ2v) is 5.02. The number of aliphatic carboxylic acids is 1. The molecule has 0 aliphatic carbocycles. The number of carboxylic acid groups (broad SMARTS) is 1. The fourth-order valence-electron chi connectivity index (χ4n) is 2.23. The Labute approximate surface area is 119 Å². The van der Waals surface area contributed by atoms with E-state index in [0.717, 1.165) is 30.6 Å². The molecule has 0 heterocycles. The first-order valence-corrected chi connectivity index (χ1v) is 7.01.